The zero-order valence-corrected chi connectivity index (χ0v) is 16.3. The van der Waals surface area contributed by atoms with Crippen LogP contribution in [0, 0.1) is 11.7 Å². The molecule has 0 bridgehead atoms. The molecule has 2 aliphatic rings. The molecule has 3 heterocycles. The number of benzene rings is 1. The van der Waals surface area contributed by atoms with Crippen molar-refractivity contribution in [2.75, 3.05) is 24.3 Å². The number of halogens is 2. The Bertz CT molecular complexity index is 942. The first-order valence-corrected chi connectivity index (χ1v) is 9.99. The summed E-state index contributed by atoms with van der Waals surface area (Å²) in [5, 5.41) is 3.46. The Morgan fingerprint density at radius 2 is 2.18 bits per heavy atom. The number of aromatic nitrogens is 2. The third kappa shape index (κ3) is 3.57. The van der Waals surface area contributed by atoms with E-state index in [2.05, 4.69) is 20.3 Å². The van der Waals surface area contributed by atoms with E-state index in [1.807, 2.05) is 0 Å². The second-order valence-corrected chi connectivity index (χ2v) is 8.06. The van der Waals surface area contributed by atoms with Crippen LogP contribution in [0.1, 0.15) is 22.6 Å². The van der Waals surface area contributed by atoms with Crippen molar-refractivity contribution in [2.24, 2.45) is 16.6 Å². The van der Waals surface area contributed by atoms with Crippen molar-refractivity contribution in [2.45, 2.75) is 12.0 Å². The number of amides is 1. The van der Waals surface area contributed by atoms with Gasteiger partial charge in [-0.25, -0.2) is 14.4 Å². The van der Waals surface area contributed by atoms with Crippen LogP contribution in [0.25, 0.3) is 0 Å². The maximum absolute atomic E-state index is 14.8. The van der Waals surface area contributed by atoms with E-state index >= 15 is 0 Å². The lowest BCUT2D eigenvalue weighted by atomic mass is 9.75. The second-order valence-electron chi connectivity index (χ2n) is 6.58. The van der Waals surface area contributed by atoms with E-state index in [1.54, 1.807) is 6.07 Å². The van der Waals surface area contributed by atoms with Crippen molar-refractivity contribution in [3.63, 3.8) is 0 Å². The van der Waals surface area contributed by atoms with Crippen molar-refractivity contribution < 1.29 is 13.9 Å². The summed E-state index contributed by atoms with van der Waals surface area (Å²) in [6.07, 6.45) is 3.19. The van der Waals surface area contributed by atoms with E-state index in [9.17, 15) is 9.18 Å². The highest BCUT2D eigenvalue weighted by atomic mass is 35.5. The number of fused-ring (bicyclic) bond motifs is 1. The number of nitrogens with two attached hydrogens (primary N) is 1. The molecular weight excluding hydrogens is 405 g/mol. The SMILES string of the molecule is NC1=N[C@@]2(c3cc(NC(=O)c4ncc(Cl)cn4)ccc3F)CCOCC2CS1. The molecule has 146 valence electrons. The van der Waals surface area contributed by atoms with E-state index < -0.39 is 17.3 Å². The predicted octanol–water partition coefficient (Wildman–Crippen LogP) is 2.81. The first kappa shape index (κ1) is 19.1. The normalized spacial score (nSPS) is 24.2. The molecule has 0 radical (unpaired) electrons. The van der Waals surface area contributed by atoms with Crippen LogP contribution in [0.2, 0.25) is 5.02 Å². The van der Waals surface area contributed by atoms with Crippen LogP contribution >= 0.6 is 23.4 Å². The Hall–Kier alpha value is -2.23. The molecule has 0 saturated carbocycles. The number of amidine groups is 1. The van der Waals surface area contributed by atoms with Gasteiger partial charge in [-0.05, 0) is 18.2 Å². The number of nitrogens with zero attached hydrogens (tertiary/aromatic N) is 3. The predicted molar refractivity (Wildman–Crippen MR) is 106 cm³/mol. The van der Waals surface area contributed by atoms with Crippen LogP contribution in [-0.2, 0) is 10.3 Å². The van der Waals surface area contributed by atoms with E-state index in [0.717, 1.165) is 0 Å². The highest BCUT2D eigenvalue weighted by Gasteiger charge is 2.47. The molecule has 1 aromatic heterocycles. The zero-order chi connectivity index (χ0) is 19.7. The molecule has 1 saturated heterocycles. The van der Waals surface area contributed by atoms with Crippen LogP contribution < -0.4 is 11.1 Å². The molecule has 3 N–H and O–H groups in total. The molecule has 2 atom stereocenters. The van der Waals surface area contributed by atoms with Gasteiger partial charge in [-0.3, -0.25) is 9.79 Å². The van der Waals surface area contributed by atoms with Crippen molar-refractivity contribution in [1.82, 2.24) is 9.97 Å². The van der Waals surface area contributed by atoms with Gasteiger partial charge in [-0.15, -0.1) is 0 Å². The maximum Gasteiger partial charge on any atom is 0.293 e. The molecule has 10 heteroatoms. The van der Waals surface area contributed by atoms with Crippen LogP contribution in [0.15, 0.2) is 35.6 Å². The zero-order valence-electron chi connectivity index (χ0n) is 14.7. The summed E-state index contributed by atoms with van der Waals surface area (Å²) < 4.78 is 20.4. The topological polar surface area (TPSA) is 102 Å². The van der Waals surface area contributed by atoms with E-state index in [0.29, 0.717) is 46.8 Å². The van der Waals surface area contributed by atoms with Crippen LogP contribution in [0.4, 0.5) is 10.1 Å². The average molecular weight is 422 g/mol. The fourth-order valence-corrected chi connectivity index (χ4v) is 4.58. The van der Waals surface area contributed by atoms with Gasteiger partial charge >= 0.3 is 0 Å². The van der Waals surface area contributed by atoms with E-state index in [1.165, 1.54) is 36.3 Å². The lowest BCUT2D eigenvalue weighted by Gasteiger charge is -2.44. The van der Waals surface area contributed by atoms with Gasteiger partial charge in [-0.1, -0.05) is 23.4 Å². The molecule has 4 rings (SSSR count). The molecule has 1 unspecified atom stereocenters. The van der Waals surface area contributed by atoms with Crippen LogP contribution in [-0.4, -0.2) is 40.0 Å². The van der Waals surface area contributed by atoms with E-state index in [4.69, 9.17) is 22.1 Å². The Morgan fingerprint density at radius 1 is 1.39 bits per heavy atom. The van der Waals surface area contributed by atoms with Gasteiger partial charge in [0.15, 0.2) is 5.17 Å². The largest absolute Gasteiger partial charge is 0.381 e. The lowest BCUT2D eigenvalue weighted by Crippen LogP contribution is -2.47. The summed E-state index contributed by atoms with van der Waals surface area (Å²) in [6, 6.07) is 4.42. The standard InChI is InChI=1S/C18H17ClFN5O2S/c19-11-6-22-15(23-7-11)16(26)24-12-1-2-14(20)13(5-12)18-3-4-27-8-10(18)9-28-17(21)25-18/h1-2,5-7,10H,3-4,8-9H2,(H2,21,25)(H,24,26)/t10?,18-/m0/s1. The second kappa shape index (κ2) is 7.65. The molecule has 28 heavy (non-hydrogen) atoms. The first-order valence-electron chi connectivity index (χ1n) is 8.63. The highest BCUT2D eigenvalue weighted by molar-refractivity contribution is 8.13. The number of aliphatic imine (C=N–C) groups is 1. The summed E-state index contributed by atoms with van der Waals surface area (Å²) in [4.78, 5) is 24.8. The number of rotatable bonds is 3. The van der Waals surface area contributed by atoms with Gasteiger partial charge in [0.1, 0.15) is 5.82 Å². The van der Waals surface area contributed by atoms with Gasteiger partial charge < -0.3 is 15.8 Å². The number of nitrogens with one attached hydrogen (secondary N) is 1. The molecule has 1 fully saturated rings. The average Bonchev–Trinajstić information content (AvgIpc) is 2.69. The Balaban J connectivity index is 1.68. The molecule has 0 spiro atoms. The number of hydrogen-bond acceptors (Lipinski definition) is 7. The van der Waals surface area contributed by atoms with Gasteiger partial charge in [0.25, 0.3) is 5.91 Å². The number of ether oxygens (including phenoxy) is 1. The lowest BCUT2D eigenvalue weighted by molar-refractivity contribution is 0.00886. The number of carbonyl (C=O) groups is 1. The van der Waals surface area contributed by atoms with Gasteiger partial charge in [-0.2, -0.15) is 0 Å². The van der Waals surface area contributed by atoms with Crippen molar-refractivity contribution in [1.29, 1.82) is 0 Å². The minimum Gasteiger partial charge on any atom is -0.381 e. The molecular formula is C18H17ClFN5O2S. The minimum atomic E-state index is -0.796. The highest BCUT2D eigenvalue weighted by Crippen LogP contribution is 2.46. The fraction of sp³-hybridized carbons (Fsp3) is 0.333. The summed E-state index contributed by atoms with van der Waals surface area (Å²) in [6.45, 7) is 0.949. The smallest absolute Gasteiger partial charge is 0.293 e. The third-order valence-electron chi connectivity index (χ3n) is 4.88. The fourth-order valence-electron chi connectivity index (χ4n) is 3.51. The Kier molecular flexibility index (Phi) is 5.22. The number of hydrogen-bond donors (Lipinski definition) is 2. The molecule has 7 nitrogen and oxygen atoms in total. The van der Waals surface area contributed by atoms with Crippen LogP contribution in [0.3, 0.4) is 0 Å². The number of carbonyl (C=O) groups excluding carboxylic acids is 1. The van der Waals surface area contributed by atoms with Crippen molar-refractivity contribution in [3.8, 4) is 0 Å². The molecule has 1 amide bonds. The molecule has 0 aliphatic carbocycles. The van der Waals surface area contributed by atoms with E-state index in [-0.39, 0.29) is 11.7 Å². The monoisotopic (exact) mass is 421 g/mol. The van der Waals surface area contributed by atoms with Crippen molar-refractivity contribution in [3.05, 3.63) is 52.8 Å². The minimum absolute atomic E-state index is 0.00130. The van der Waals surface area contributed by atoms with Gasteiger partial charge in [0, 0.05) is 48.3 Å². The number of anilines is 1. The Morgan fingerprint density at radius 3 is 2.96 bits per heavy atom. The molecule has 1 aromatic carbocycles. The quantitative estimate of drug-likeness (QED) is 0.790. The van der Waals surface area contributed by atoms with Crippen LogP contribution in [0.5, 0.6) is 0 Å². The number of thioether (sulfide) groups is 1. The maximum atomic E-state index is 14.8. The summed E-state index contributed by atoms with van der Waals surface area (Å²) in [7, 11) is 0. The molecule has 2 aliphatic heterocycles. The third-order valence-corrected chi connectivity index (χ3v) is 6.03. The Labute approximate surface area is 169 Å². The van der Waals surface area contributed by atoms with Crippen molar-refractivity contribution >= 4 is 40.1 Å². The first-order chi connectivity index (χ1) is 13.5. The summed E-state index contributed by atoms with van der Waals surface area (Å²) in [5.41, 5.74) is 6.00. The van der Waals surface area contributed by atoms with Gasteiger partial charge in [0.2, 0.25) is 5.82 Å². The summed E-state index contributed by atoms with van der Waals surface area (Å²) >= 11 is 7.19. The van der Waals surface area contributed by atoms with Gasteiger partial charge in [0.05, 0.1) is 17.2 Å². The molecule has 2 aromatic rings. The summed E-state index contributed by atoms with van der Waals surface area (Å²) in [5.74, 6) is -0.245.